The second kappa shape index (κ2) is 6.83. The van der Waals surface area contributed by atoms with Gasteiger partial charge < -0.3 is 19.8 Å². The highest BCUT2D eigenvalue weighted by Gasteiger charge is 2.24. The number of rotatable bonds is 5. The first-order chi connectivity index (χ1) is 13.1. The fourth-order valence-corrected chi connectivity index (χ4v) is 3.82. The molecule has 0 spiro atoms. The number of nitrogens with zero attached hydrogens (tertiary/aromatic N) is 1. The Morgan fingerprint density at radius 1 is 1.11 bits per heavy atom. The zero-order valence-corrected chi connectivity index (χ0v) is 15.5. The predicted molar refractivity (Wildman–Crippen MR) is 104 cm³/mol. The third kappa shape index (κ3) is 2.95. The summed E-state index contributed by atoms with van der Waals surface area (Å²) in [6.45, 7) is 4.95. The Kier molecular flexibility index (Phi) is 4.36. The molecule has 1 aliphatic rings. The third-order valence-corrected chi connectivity index (χ3v) is 5.05. The van der Waals surface area contributed by atoms with Gasteiger partial charge in [-0.05, 0) is 36.6 Å². The van der Waals surface area contributed by atoms with Crippen LogP contribution in [-0.2, 0) is 13.0 Å². The summed E-state index contributed by atoms with van der Waals surface area (Å²) in [5, 5.41) is 0. The van der Waals surface area contributed by atoms with Crippen molar-refractivity contribution in [2.45, 2.75) is 26.8 Å². The van der Waals surface area contributed by atoms with E-state index < -0.39 is 5.91 Å². The van der Waals surface area contributed by atoms with Gasteiger partial charge in [0.15, 0.2) is 11.5 Å². The van der Waals surface area contributed by atoms with Crippen LogP contribution >= 0.6 is 0 Å². The van der Waals surface area contributed by atoms with E-state index in [1.807, 2.05) is 55.5 Å². The highest BCUT2D eigenvalue weighted by atomic mass is 16.7. The number of hydrogen-bond donors (Lipinski definition) is 1. The quantitative estimate of drug-likeness (QED) is 0.748. The summed E-state index contributed by atoms with van der Waals surface area (Å²) in [5.41, 5.74) is 11.4. The molecule has 138 valence electrons. The number of primary amides is 1. The van der Waals surface area contributed by atoms with Crippen LogP contribution in [0.2, 0.25) is 0 Å². The van der Waals surface area contributed by atoms with Crippen LogP contribution in [0.1, 0.15) is 34.2 Å². The molecule has 0 radical (unpaired) electrons. The van der Waals surface area contributed by atoms with E-state index in [1.165, 1.54) is 0 Å². The van der Waals surface area contributed by atoms with E-state index in [-0.39, 0.29) is 6.79 Å². The lowest BCUT2D eigenvalue weighted by atomic mass is 9.99. The zero-order chi connectivity index (χ0) is 19.0. The molecular formula is C22H22N2O3. The number of ether oxygens (including phenoxy) is 2. The Morgan fingerprint density at radius 3 is 2.56 bits per heavy atom. The zero-order valence-electron chi connectivity index (χ0n) is 15.5. The first-order valence-electron chi connectivity index (χ1n) is 9.05. The standard InChI is InChI=1S/C22H22N2O3/c1-3-17-21(16-7-5-4-6-8-16)20(22(23)25)14(2)24(17)12-15-9-10-18-19(11-15)27-13-26-18/h4-11H,3,12-13H2,1-2H3,(H2,23,25). The van der Waals surface area contributed by atoms with Crippen LogP contribution in [0.15, 0.2) is 48.5 Å². The molecule has 0 fully saturated rings. The number of benzene rings is 2. The van der Waals surface area contributed by atoms with Crippen LogP contribution in [0, 0.1) is 6.92 Å². The van der Waals surface area contributed by atoms with Crippen molar-refractivity contribution in [3.63, 3.8) is 0 Å². The molecule has 3 aromatic rings. The van der Waals surface area contributed by atoms with E-state index >= 15 is 0 Å². The van der Waals surface area contributed by atoms with Crippen molar-refractivity contribution in [1.82, 2.24) is 4.57 Å². The Balaban J connectivity index is 1.84. The van der Waals surface area contributed by atoms with Gasteiger partial charge in [0.2, 0.25) is 6.79 Å². The van der Waals surface area contributed by atoms with E-state index in [0.29, 0.717) is 12.1 Å². The van der Waals surface area contributed by atoms with Gasteiger partial charge in [0.1, 0.15) is 0 Å². The molecule has 4 rings (SSSR count). The van der Waals surface area contributed by atoms with E-state index in [4.69, 9.17) is 15.2 Å². The van der Waals surface area contributed by atoms with E-state index in [0.717, 1.165) is 46.0 Å². The summed E-state index contributed by atoms with van der Waals surface area (Å²) >= 11 is 0. The summed E-state index contributed by atoms with van der Waals surface area (Å²) in [7, 11) is 0. The summed E-state index contributed by atoms with van der Waals surface area (Å²) in [6, 6.07) is 15.9. The fourth-order valence-electron chi connectivity index (χ4n) is 3.82. The maximum absolute atomic E-state index is 12.3. The molecule has 0 saturated carbocycles. The van der Waals surface area contributed by atoms with E-state index in [9.17, 15) is 4.79 Å². The van der Waals surface area contributed by atoms with Gasteiger partial charge in [-0.1, -0.05) is 43.3 Å². The first-order valence-corrected chi connectivity index (χ1v) is 9.05. The SMILES string of the molecule is CCc1c(-c2ccccc2)c(C(N)=O)c(C)n1Cc1ccc2c(c1)OCO2. The van der Waals surface area contributed by atoms with E-state index in [1.54, 1.807) is 0 Å². The van der Waals surface area contributed by atoms with Crippen LogP contribution in [0.3, 0.4) is 0 Å². The lowest BCUT2D eigenvalue weighted by molar-refractivity contribution is 0.1000. The summed E-state index contributed by atoms with van der Waals surface area (Å²) in [4.78, 5) is 12.3. The van der Waals surface area contributed by atoms with Crippen molar-refractivity contribution >= 4 is 5.91 Å². The minimum Gasteiger partial charge on any atom is -0.454 e. The number of fused-ring (bicyclic) bond motifs is 1. The minimum absolute atomic E-state index is 0.255. The van der Waals surface area contributed by atoms with Crippen LogP contribution in [0.25, 0.3) is 11.1 Å². The topological polar surface area (TPSA) is 66.5 Å². The van der Waals surface area contributed by atoms with Crippen LogP contribution in [0.5, 0.6) is 11.5 Å². The predicted octanol–water partition coefficient (Wildman–Crippen LogP) is 3.90. The number of nitrogens with two attached hydrogens (primary N) is 1. The summed E-state index contributed by atoms with van der Waals surface area (Å²) in [6.07, 6.45) is 0.795. The van der Waals surface area contributed by atoms with Gasteiger partial charge in [-0.15, -0.1) is 0 Å². The Morgan fingerprint density at radius 2 is 1.85 bits per heavy atom. The lowest BCUT2D eigenvalue weighted by Gasteiger charge is -2.12. The molecule has 1 aromatic heterocycles. The smallest absolute Gasteiger partial charge is 0.251 e. The molecule has 2 aromatic carbocycles. The number of carbonyl (C=O) groups excluding carboxylic acids is 1. The maximum Gasteiger partial charge on any atom is 0.251 e. The average molecular weight is 362 g/mol. The van der Waals surface area contributed by atoms with Crippen LogP contribution in [0.4, 0.5) is 0 Å². The number of amides is 1. The molecule has 0 bridgehead atoms. The summed E-state index contributed by atoms with van der Waals surface area (Å²) in [5.74, 6) is 1.13. The van der Waals surface area contributed by atoms with Gasteiger partial charge in [0.25, 0.3) is 5.91 Å². The second-order valence-corrected chi connectivity index (χ2v) is 6.64. The number of aromatic nitrogens is 1. The minimum atomic E-state index is -0.398. The van der Waals surface area contributed by atoms with Crippen molar-refractivity contribution < 1.29 is 14.3 Å². The van der Waals surface area contributed by atoms with Crippen molar-refractivity contribution in [2.75, 3.05) is 6.79 Å². The third-order valence-electron chi connectivity index (χ3n) is 5.05. The molecule has 0 atom stereocenters. The van der Waals surface area contributed by atoms with Gasteiger partial charge >= 0.3 is 0 Å². The Bertz CT molecular complexity index is 1010. The van der Waals surface area contributed by atoms with Gasteiger partial charge in [0.05, 0.1) is 5.56 Å². The van der Waals surface area contributed by atoms with Gasteiger partial charge in [-0.2, -0.15) is 0 Å². The Hall–Kier alpha value is -3.21. The van der Waals surface area contributed by atoms with Crippen molar-refractivity contribution in [3.8, 4) is 22.6 Å². The number of hydrogen-bond acceptors (Lipinski definition) is 3. The fraction of sp³-hybridized carbons (Fsp3) is 0.227. The molecule has 2 heterocycles. The lowest BCUT2D eigenvalue weighted by Crippen LogP contribution is -2.13. The van der Waals surface area contributed by atoms with Crippen molar-refractivity contribution in [3.05, 3.63) is 71.0 Å². The van der Waals surface area contributed by atoms with Gasteiger partial charge in [0, 0.05) is 23.5 Å². The molecule has 5 nitrogen and oxygen atoms in total. The van der Waals surface area contributed by atoms with Crippen molar-refractivity contribution in [1.29, 1.82) is 0 Å². The largest absolute Gasteiger partial charge is 0.454 e. The molecule has 5 heteroatoms. The first kappa shape index (κ1) is 17.2. The highest BCUT2D eigenvalue weighted by Crippen LogP contribution is 2.36. The molecular weight excluding hydrogens is 340 g/mol. The molecule has 0 aliphatic carbocycles. The maximum atomic E-state index is 12.3. The van der Waals surface area contributed by atoms with Crippen LogP contribution in [-0.4, -0.2) is 17.3 Å². The normalized spacial score (nSPS) is 12.4. The molecule has 0 unspecified atom stereocenters. The van der Waals surface area contributed by atoms with E-state index in [2.05, 4.69) is 11.5 Å². The molecule has 0 saturated heterocycles. The molecule has 1 aliphatic heterocycles. The summed E-state index contributed by atoms with van der Waals surface area (Å²) < 4.78 is 13.1. The van der Waals surface area contributed by atoms with Crippen LogP contribution < -0.4 is 15.2 Å². The Labute approximate surface area is 158 Å². The molecule has 2 N–H and O–H groups in total. The monoisotopic (exact) mass is 362 g/mol. The second-order valence-electron chi connectivity index (χ2n) is 6.64. The average Bonchev–Trinajstić information content (AvgIpc) is 3.24. The molecule has 27 heavy (non-hydrogen) atoms. The number of carbonyl (C=O) groups is 1. The van der Waals surface area contributed by atoms with Crippen molar-refractivity contribution in [2.24, 2.45) is 5.73 Å². The van der Waals surface area contributed by atoms with Gasteiger partial charge in [-0.3, -0.25) is 4.79 Å². The highest BCUT2D eigenvalue weighted by molar-refractivity contribution is 6.02. The van der Waals surface area contributed by atoms with Gasteiger partial charge in [-0.25, -0.2) is 0 Å². The molecule has 1 amide bonds.